The zero-order valence-corrected chi connectivity index (χ0v) is 10.0. The molecule has 0 aliphatic heterocycles. The predicted molar refractivity (Wildman–Crippen MR) is 72.3 cm³/mol. The number of hydrogen-bond acceptors (Lipinski definition) is 2. The van der Waals surface area contributed by atoms with Gasteiger partial charge in [-0.15, -0.1) is 0 Å². The average Bonchev–Trinajstić information content (AvgIpc) is 2.85. The van der Waals surface area contributed by atoms with Gasteiger partial charge in [-0.2, -0.15) is 10.5 Å². The minimum atomic E-state index is 0.590. The highest BCUT2D eigenvalue weighted by Crippen LogP contribution is 2.27. The molecule has 0 radical (unpaired) electrons. The van der Waals surface area contributed by atoms with Crippen LogP contribution in [0, 0.1) is 22.7 Å². The zero-order chi connectivity index (χ0) is 13.2. The smallest absolute Gasteiger partial charge is 0.101 e. The van der Waals surface area contributed by atoms with Gasteiger partial charge in [-0.25, -0.2) is 0 Å². The van der Waals surface area contributed by atoms with E-state index in [1.165, 1.54) is 0 Å². The van der Waals surface area contributed by atoms with E-state index in [1.54, 1.807) is 12.1 Å². The minimum Gasteiger partial charge on any atom is -0.315 e. The van der Waals surface area contributed by atoms with Gasteiger partial charge in [-0.05, 0) is 30.3 Å². The Morgan fingerprint density at radius 3 is 2.58 bits per heavy atom. The minimum absolute atomic E-state index is 0.590. The Morgan fingerprint density at radius 1 is 0.895 bits per heavy atom. The van der Waals surface area contributed by atoms with Gasteiger partial charge in [0.2, 0.25) is 0 Å². The number of nitrogens with zero attached hydrogens (tertiary/aromatic N) is 3. The van der Waals surface area contributed by atoms with Gasteiger partial charge in [0.05, 0.1) is 22.9 Å². The molecule has 19 heavy (non-hydrogen) atoms. The van der Waals surface area contributed by atoms with E-state index >= 15 is 0 Å². The Labute approximate surface area is 110 Å². The monoisotopic (exact) mass is 243 g/mol. The highest BCUT2D eigenvalue weighted by molar-refractivity contribution is 5.75. The van der Waals surface area contributed by atoms with Crippen molar-refractivity contribution >= 4 is 5.52 Å². The van der Waals surface area contributed by atoms with Crippen molar-refractivity contribution in [1.29, 1.82) is 10.5 Å². The van der Waals surface area contributed by atoms with E-state index in [2.05, 4.69) is 12.1 Å². The molecule has 1 aromatic carbocycles. The average molecular weight is 243 g/mol. The molecule has 0 unspecified atom stereocenters. The normalized spacial score (nSPS) is 10.0. The molecule has 0 fully saturated rings. The lowest BCUT2D eigenvalue weighted by molar-refractivity contribution is 1.20. The number of aromatic nitrogens is 1. The molecule has 3 rings (SSSR count). The molecule has 3 heteroatoms. The van der Waals surface area contributed by atoms with Crippen molar-refractivity contribution in [3.8, 4) is 23.4 Å². The molecule has 0 spiro atoms. The van der Waals surface area contributed by atoms with Crippen LogP contribution in [0.25, 0.3) is 16.8 Å². The molecule has 0 aliphatic rings. The molecule has 0 bridgehead atoms. The van der Waals surface area contributed by atoms with Crippen LogP contribution >= 0.6 is 0 Å². The molecule has 3 nitrogen and oxygen atoms in total. The fourth-order valence-corrected chi connectivity index (χ4v) is 2.24. The summed E-state index contributed by atoms with van der Waals surface area (Å²) in [6.45, 7) is 0. The fourth-order valence-electron chi connectivity index (χ4n) is 2.24. The second-order valence-electron chi connectivity index (χ2n) is 4.21. The molecule has 0 saturated heterocycles. The van der Waals surface area contributed by atoms with Crippen molar-refractivity contribution in [2.75, 3.05) is 0 Å². The molecule has 0 atom stereocenters. The van der Waals surface area contributed by atoms with Gasteiger partial charge in [0.1, 0.15) is 6.07 Å². The Hall–Kier alpha value is -3.04. The number of fused-ring (bicyclic) bond motifs is 1. The molecule has 88 valence electrons. The summed E-state index contributed by atoms with van der Waals surface area (Å²) in [5, 5.41) is 18.3. The van der Waals surface area contributed by atoms with E-state index in [4.69, 9.17) is 5.26 Å². The SMILES string of the molecule is N#Cc1cccc(-c2c(C#N)cc3ccccn23)c1. The fraction of sp³-hybridized carbons (Fsp3) is 0. The summed E-state index contributed by atoms with van der Waals surface area (Å²) < 4.78 is 1.97. The number of pyridine rings is 1. The van der Waals surface area contributed by atoms with Crippen molar-refractivity contribution in [1.82, 2.24) is 4.40 Å². The second-order valence-corrected chi connectivity index (χ2v) is 4.21. The number of nitriles is 2. The molecule has 0 saturated carbocycles. The number of hydrogen-bond donors (Lipinski definition) is 0. The summed E-state index contributed by atoms with van der Waals surface area (Å²) in [4.78, 5) is 0. The van der Waals surface area contributed by atoms with Crippen LogP contribution in [0.1, 0.15) is 11.1 Å². The summed E-state index contributed by atoms with van der Waals surface area (Å²) in [6.07, 6.45) is 1.92. The van der Waals surface area contributed by atoms with Crippen LogP contribution in [0.2, 0.25) is 0 Å². The van der Waals surface area contributed by atoms with E-state index in [9.17, 15) is 5.26 Å². The van der Waals surface area contributed by atoms with Gasteiger partial charge in [0.15, 0.2) is 0 Å². The maximum absolute atomic E-state index is 9.28. The van der Waals surface area contributed by atoms with Crippen molar-refractivity contribution in [2.45, 2.75) is 0 Å². The second kappa shape index (κ2) is 4.33. The quantitative estimate of drug-likeness (QED) is 0.658. The van der Waals surface area contributed by atoms with Crippen LogP contribution in [0.3, 0.4) is 0 Å². The number of rotatable bonds is 1. The highest BCUT2D eigenvalue weighted by Gasteiger charge is 2.11. The van der Waals surface area contributed by atoms with Crippen molar-refractivity contribution in [3.05, 3.63) is 65.9 Å². The first-order valence-corrected chi connectivity index (χ1v) is 5.84. The standard InChI is InChI=1S/C16H9N3/c17-10-12-4-3-5-13(8-12)16-14(11-18)9-15-6-1-2-7-19(15)16/h1-9H. The first-order chi connectivity index (χ1) is 9.33. The van der Waals surface area contributed by atoms with Gasteiger partial charge in [-0.1, -0.05) is 18.2 Å². The van der Waals surface area contributed by atoms with Crippen LogP contribution in [0.5, 0.6) is 0 Å². The lowest BCUT2D eigenvalue weighted by Crippen LogP contribution is -1.89. The Bertz CT molecular complexity index is 844. The van der Waals surface area contributed by atoms with Gasteiger partial charge in [-0.3, -0.25) is 0 Å². The summed E-state index contributed by atoms with van der Waals surface area (Å²) in [5.74, 6) is 0. The molecule has 2 heterocycles. The summed E-state index contributed by atoms with van der Waals surface area (Å²) >= 11 is 0. The Morgan fingerprint density at radius 2 is 1.79 bits per heavy atom. The molecular weight excluding hydrogens is 234 g/mol. The predicted octanol–water partition coefficient (Wildman–Crippen LogP) is 3.35. The third-order valence-corrected chi connectivity index (χ3v) is 3.07. The largest absolute Gasteiger partial charge is 0.315 e. The summed E-state index contributed by atoms with van der Waals surface area (Å²) in [5.41, 5.74) is 3.88. The number of benzene rings is 1. The summed E-state index contributed by atoms with van der Waals surface area (Å²) in [7, 11) is 0. The maximum atomic E-state index is 9.28. The molecule has 2 aromatic heterocycles. The van der Waals surface area contributed by atoms with Gasteiger partial charge >= 0.3 is 0 Å². The third-order valence-electron chi connectivity index (χ3n) is 3.07. The van der Waals surface area contributed by atoms with Gasteiger partial charge < -0.3 is 4.40 Å². The van der Waals surface area contributed by atoms with E-state index in [1.807, 2.05) is 47.0 Å². The lowest BCUT2D eigenvalue weighted by Gasteiger charge is -2.04. The highest BCUT2D eigenvalue weighted by atomic mass is 14.9. The Balaban J connectivity index is 2.35. The van der Waals surface area contributed by atoms with Crippen LogP contribution < -0.4 is 0 Å². The van der Waals surface area contributed by atoms with E-state index in [0.29, 0.717) is 11.1 Å². The Kier molecular flexibility index (Phi) is 2.52. The van der Waals surface area contributed by atoms with Crippen molar-refractivity contribution in [2.24, 2.45) is 0 Å². The maximum Gasteiger partial charge on any atom is 0.101 e. The summed E-state index contributed by atoms with van der Waals surface area (Å²) in [6, 6.07) is 19.3. The van der Waals surface area contributed by atoms with Crippen LogP contribution in [0.15, 0.2) is 54.7 Å². The zero-order valence-electron chi connectivity index (χ0n) is 10.0. The first-order valence-electron chi connectivity index (χ1n) is 5.84. The van der Waals surface area contributed by atoms with Crippen molar-refractivity contribution < 1.29 is 0 Å². The molecule has 3 aromatic rings. The topological polar surface area (TPSA) is 52.0 Å². The molecule has 0 amide bonds. The van der Waals surface area contributed by atoms with Crippen LogP contribution in [-0.2, 0) is 0 Å². The third kappa shape index (κ3) is 1.74. The van der Waals surface area contributed by atoms with Gasteiger partial charge in [0.25, 0.3) is 0 Å². The van der Waals surface area contributed by atoms with E-state index in [0.717, 1.165) is 16.8 Å². The molecule has 0 aliphatic carbocycles. The first kappa shape index (κ1) is 11.1. The molecular formula is C16H9N3. The van der Waals surface area contributed by atoms with E-state index in [-0.39, 0.29) is 0 Å². The molecule has 0 N–H and O–H groups in total. The van der Waals surface area contributed by atoms with Crippen LogP contribution in [0.4, 0.5) is 0 Å². The lowest BCUT2D eigenvalue weighted by atomic mass is 10.1. The van der Waals surface area contributed by atoms with Crippen molar-refractivity contribution in [3.63, 3.8) is 0 Å². The van der Waals surface area contributed by atoms with Crippen LogP contribution in [-0.4, -0.2) is 4.40 Å². The van der Waals surface area contributed by atoms with Gasteiger partial charge in [0, 0.05) is 17.3 Å². The van der Waals surface area contributed by atoms with E-state index < -0.39 is 0 Å².